The number of benzene rings is 3. The fourth-order valence-electron chi connectivity index (χ4n) is 5.17. The van der Waals surface area contributed by atoms with Crippen molar-refractivity contribution < 1.29 is 14.3 Å². The first-order valence-corrected chi connectivity index (χ1v) is 12.0. The van der Waals surface area contributed by atoms with E-state index in [1.54, 1.807) is 4.68 Å². The molecule has 0 bridgehead atoms. The summed E-state index contributed by atoms with van der Waals surface area (Å²) in [7, 11) is 0. The Morgan fingerprint density at radius 1 is 0.973 bits per heavy atom. The minimum atomic E-state index is -1.36. The van der Waals surface area contributed by atoms with Crippen molar-refractivity contribution >= 4 is 17.3 Å². The molecule has 6 rings (SSSR count). The average Bonchev–Trinajstić information content (AvgIpc) is 3.54. The van der Waals surface area contributed by atoms with E-state index in [0.29, 0.717) is 23.0 Å². The summed E-state index contributed by atoms with van der Waals surface area (Å²) in [6, 6.07) is 26.8. The summed E-state index contributed by atoms with van der Waals surface area (Å²) in [5, 5.41) is 10.9. The molecule has 3 aromatic carbocycles. The Morgan fingerprint density at radius 2 is 1.62 bits per heavy atom. The number of aryl methyl sites for hydroxylation is 1. The maximum absolute atomic E-state index is 14.3. The van der Waals surface area contributed by atoms with Crippen molar-refractivity contribution in [2.75, 3.05) is 11.6 Å². The molecule has 2 aliphatic heterocycles. The summed E-state index contributed by atoms with van der Waals surface area (Å²) in [6.45, 7) is 3.97. The lowest BCUT2D eigenvalue weighted by Gasteiger charge is -2.30. The Labute approximate surface area is 214 Å². The average molecular weight is 489 g/mol. The van der Waals surface area contributed by atoms with Crippen molar-refractivity contribution in [3.8, 4) is 29.7 Å². The van der Waals surface area contributed by atoms with Gasteiger partial charge in [0, 0.05) is 5.56 Å². The van der Waals surface area contributed by atoms with Gasteiger partial charge in [0.2, 0.25) is 11.5 Å². The Hall–Kier alpha value is -4.83. The number of fused-ring (bicyclic) bond motifs is 1. The summed E-state index contributed by atoms with van der Waals surface area (Å²) in [4.78, 5) is 14.3. The highest BCUT2D eigenvalue weighted by molar-refractivity contribution is 6.23. The third-order valence-electron chi connectivity index (χ3n) is 6.85. The molecule has 0 radical (unpaired) electrons. The van der Waals surface area contributed by atoms with Crippen LogP contribution in [0.25, 0.3) is 5.69 Å². The monoisotopic (exact) mass is 488 g/mol. The minimum absolute atomic E-state index is 0.180. The number of amides is 1. The first-order chi connectivity index (χ1) is 18.0. The van der Waals surface area contributed by atoms with Crippen LogP contribution < -0.4 is 14.5 Å². The van der Waals surface area contributed by atoms with Gasteiger partial charge in [0.25, 0.3) is 5.91 Å². The topological polar surface area (TPSA) is 69.0 Å². The van der Waals surface area contributed by atoms with Crippen LogP contribution in [0.4, 0.5) is 5.69 Å². The van der Waals surface area contributed by atoms with E-state index in [1.165, 1.54) is 5.01 Å². The summed E-state index contributed by atoms with van der Waals surface area (Å²) in [5.74, 6) is 2.96. The molecule has 4 aromatic rings. The molecule has 1 spiro atoms. The number of para-hydroxylation sites is 2. The van der Waals surface area contributed by atoms with Gasteiger partial charge in [-0.05, 0) is 55.8 Å². The second-order valence-corrected chi connectivity index (χ2v) is 9.02. The molecule has 1 amide bonds. The maximum atomic E-state index is 14.3. The van der Waals surface area contributed by atoms with Gasteiger partial charge in [-0.1, -0.05) is 54.5 Å². The van der Waals surface area contributed by atoms with Crippen LogP contribution in [-0.4, -0.2) is 33.6 Å². The van der Waals surface area contributed by atoms with Gasteiger partial charge in [-0.15, -0.1) is 6.42 Å². The number of carbonyl (C=O) groups excluding carboxylic acids is 1. The van der Waals surface area contributed by atoms with Gasteiger partial charge in [-0.25, -0.2) is 4.68 Å². The van der Waals surface area contributed by atoms with Crippen molar-refractivity contribution in [2.24, 2.45) is 5.10 Å². The van der Waals surface area contributed by atoms with Gasteiger partial charge in [0.05, 0.1) is 28.7 Å². The quantitative estimate of drug-likeness (QED) is 0.376. The number of carbonyl (C=O) groups is 1. The van der Waals surface area contributed by atoms with E-state index in [1.807, 2.05) is 98.8 Å². The van der Waals surface area contributed by atoms with Gasteiger partial charge in [0.1, 0.15) is 12.4 Å². The van der Waals surface area contributed by atoms with E-state index >= 15 is 0 Å². The smallest absolute Gasteiger partial charge is 0.298 e. The molecule has 2 unspecified atom stereocenters. The lowest BCUT2D eigenvalue weighted by atomic mass is 9.76. The number of hydrogen-bond acceptors (Lipinski definition) is 5. The van der Waals surface area contributed by atoms with Crippen LogP contribution in [0, 0.1) is 19.3 Å². The van der Waals surface area contributed by atoms with E-state index in [9.17, 15) is 4.79 Å². The number of hydrazone groups is 1. The Kier molecular flexibility index (Phi) is 5.31. The van der Waals surface area contributed by atoms with Crippen LogP contribution in [0.3, 0.4) is 0 Å². The van der Waals surface area contributed by atoms with Crippen molar-refractivity contribution in [1.29, 1.82) is 0 Å². The number of rotatable bonds is 5. The fraction of sp³-hybridized carbons (Fsp3) is 0.167. The molecule has 7 nitrogen and oxygen atoms in total. The molecule has 0 aliphatic carbocycles. The van der Waals surface area contributed by atoms with Crippen LogP contribution in [-0.2, 0) is 4.79 Å². The summed E-state index contributed by atoms with van der Waals surface area (Å²) in [6.07, 6.45) is 5.34. The maximum Gasteiger partial charge on any atom is 0.298 e. The lowest BCUT2D eigenvalue weighted by Crippen LogP contribution is -2.53. The Morgan fingerprint density at radius 3 is 2.27 bits per heavy atom. The highest BCUT2D eigenvalue weighted by Gasteiger charge is 2.64. The number of hydrogen-bond donors (Lipinski definition) is 0. The van der Waals surface area contributed by atoms with E-state index in [4.69, 9.17) is 26.1 Å². The molecular weight excluding hydrogens is 464 g/mol. The first-order valence-electron chi connectivity index (χ1n) is 12.0. The molecule has 3 heterocycles. The third-order valence-corrected chi connectivity index (χ3v) is 6.85. The molecule has 0 saturated carbocycles. The number of ether oxygens (including phenoxy) is 2. The second kappa shape index (κ2) is 8.68. The standard InChI is InChI=1S/C30H24N4O3/c1-4-19-36-25-17-15-22(16-18-25)27-26-20(2)31-33(23-11-7-5-8-12-23)28(26)37-30(27)21(3)32-34(29(30)35)24-13-9-6-10-14-24/h1,5-18,27H,19H2,2-3H3. The summed E-state index contributed by atoms with van der Waals surface area (Å²) >= 11 is 0. The zero-order valence-corrected chi connectivity index (χ0v) is 20.5. The Bertz CT molecular complexity index is 1550. The van der Waals surface area contributed by atoms with Crippen molar-refractivity contribution in [2.45, 2.75) is 25.4 Å². The molecule has 2 aliphatic rings. The molecule has 0 saturated heterocycles. The molecule has 7 heteroatoms. The third kappa shape index (κ3) is 3.41. The number of anilines is 1. The van der Waals surface area contributed by atoms with E-state index in [2.05, 4.69) is 5.92 Å². The molecule has 2 atom stereocenters. The van der Waals surface area contributed by atoms with Crippen molar-refractivity contribution in [1.82, 2.24) is 9.78 Å². The van der Waals surface area contributed by atoms with Crippen LogP contribution in [0.2, 0.25) is 0 Å². The molecule has 37 heavy (non-hydrogen) atoms. The molecule has 0 fully saturated rings. The zero-order chi connectivity index (χ0) is 25.6. The lowest BCUT2D eigenvalue weighted by molar-refractivity contribution is -0.127. The highest BCUT2D eigenvalue weighted by Crippen LogP contribution is 2.54. The number of aromatic nitrogens is 2. The van der Waals surface area contributed by atoms with Gasteiger partial charge >= 0.3 is 0 Å². The first kappa shape index (κ1) is 22.6. The summed E-state index contributed by atoms with van der Waals surface area (Å²) < 4.78 is 14.1. The molecule has 182 valence electrons. The minimum Gasteiger partial charge on any atom is -0.481 e. The van der Waals surface area contributed by atoms with E-state index in [-0.39, 0.29) is 12.5 Å². The zero-order valence-electron chi connectivity index (χ0n) is 20.5. The number of nitrogens with zero attached hydrogens (tertiary/aromatic N) is 4. The van der Waals surface area contributed by atoms with Crippen molar-refractivity contribution in [3.05, 3.63) is 102 Å². The van der Waals surface area contributed by atoms with Gasteiger partial charge in [-0.2, -0.15) is 15.2 Å². The van der Waals surface area contributed by atoms with Gasteiger partial charge in [-0.3, -0.25) is 4.79 Å². The Balaban J connectivity index is 1.52. The predicted molar refractivity (Wildman–Crippen MR) is 141 cm³/mol. The molecular formula is C30H24N4O3. The van der Waals surface area contributed by atoms with Gasteiger partial charge in [0.15, 0.2) is 0 Å². The van der Waals surface area contributed by atoms with E-state index < -0.39 is 11.5 Å². The van der Waals surface area contributed by atoms with Crippen LogP contribution in [0.15, 0.2) is 90.0 Å². The normalized spacial score (nSPS) is 19.9. The fourth-order valence-corrected chi connectivity index (χ4v) is 5.17. The van der Waals surface area contributed by atoms with Crippen LogP contribution in [0.5, 0.6) is 11.6 Å². The molecule has 0 N–H and O–H groups in total. The van der Waals surface area contributed by atoms with Gasteiger partial charge < -0.3 is 9.47 Å². The molecule has 1 aromatic heterocycles. The second-order valence-electron chi connectivity index (χ2n) is 9.02. The van der Waals surface area contributed by atoms with E-state index in [0.717, 1.165) is 22.5 Å². The predicted octanol–water partition coefficient (Wildman–Crippen LogP) is 4.88. The van der Waals surface area contributed by atoms with Crippen LogP contribution >= 0.6 is 0 Å². The number of terminal acetylenes is 1. The SMILES string of the molecule is C#CCOc1ccc(C2c3c(C)nn(-c4ccccc4)c3OC23C(=O)N(c2ccccc2)N=C3C)cc1. The largest absolute Gasteiger partial charge is 0.481 e. The summed E-state index contributed by atoms with van der Waals surface area (Å²) in [5.41, 5.74) is 3.29. The highest BCUT2D eigenvalue weighted by atomic mass is 16.5. The van der Waals surface area contributed by atoms with Crippen LogP contribution in [0.1, 0.15) is 29.7 Å². The van der Waals surface area contributed by atoms with Crippen molar-refractivity contribution in [3.63, 3.8) is 0 Å².